The van der Waals surface area contributed by atoms with E-state index >= 15 is 0 Å². The van der Waals surface area contributed by atoms with Crippen molar-refractivity contribution in [1.29, 1.82) is 0 Å². The molecule has 332 valence electrons. The Morgan fingerprint density at radius 1 is 0.700 bits per heavy atom. The largest absolute Gasteiger partial charge is 0.447 e. The summed E-state index contributed by atoms with van der Waals surface area (Å²) in [4.78, 5) is 29.5. The molecule has 3 aromatic rings. The van der Waals surface area contributed by atoms with Gasteiger partial charge in [0.2, 0.25) is 5.91 Å². The van der Waals surface area contributed by atoms with E-state index < -0.39 is 43.1 Å². The Morgan fingerprint density at radius 3 is 1.63 bits per heavy atom. The van der Waals surface area contributed by atoms with Crippen LogP contribution in [-0.4, -0.2) is 73.3 Å². The summed E-state index contributed by atoms with van der Waals surface area (Å²) in [5.41, 5.74) is 1.06. The van der Waals surface area contributed by atoms with E-state index in [1.807, 2.05) is 37.3 Å². The van der Waals surface area contributed by atoms with Crippen LogP contribution < -0.4 is 10.4 Å². The molecule has 7 nitrogen and oxygen atoms in total. The second-order valence-corrected chi connectivity index (χ2v) is 35.5. The van der Waals surface area contributed by atoms with Crippen LogP contribution in [0.1, 0.15) is 101 Å². The molecule has 3 aromatic carbocycles. The smallest absolute Gasteiger partial charge is 0.416 e. The Hall–Kier alpha value is -2.87. The van der Waals surface area contributed by atoms with Gasteiger partial charge in [0.15, 0.2) is 16.6 Å². The van der Waals surface area contributed by atoms with E-state index in [-0.39, 0.29) is 51.6 Å². The lowest BCUT2D eigenvalue weighted by Crippen LogP contribution is -2.66. The van der Waals surface area contributed by atoms with Gasteiger partial charge in [-0.2, -0.15) is 0 Å². The molecule has 0 N–H and O–H groups in total. The lowest BCUT2D eigenvalue weighted by Gasteiger charge is -2.47. The SMILES string of the molecule is C[C@@H](CC[C@H](O[Si](C)(C)C(C)(C)C)[C@@H](C)[C@@H](O[Si](C)(C)C(C)(C)C)[C@H](C)C(=O)N1C(=O)OC[C@@H]1Cc1ccccc1)CO[Si](c1ccccc1)(c1ccccc1)C(C)(C)C. The van der Waals surface area contributed by atoms with E-state index in [2.05, 4.69) is 163 Å². The average Bonchev–Trinajstić information content (AvgIpc) is 3.53. The first-order valence-electron chi connectivity index (χ1n) is 22.4. The fraction of sp³-hybridized carbons (Fsp3) is 0.600. The van der Waals surface area contributed by atoms with Crippen molar-refractivity contribution in [3.8, 4) is 0 Å². The maximum Gasteiger partial charge on any atom is 0.416 e. The second kappa shape index (κ2) is 19.7. The zero-order valence-electron chi connectivity index (χ0n) is 40.1. The third-order valence-corrected chi connectivity index (χ3v) is 27.9. The summed E-state index contributed by atoms with van der Waals surface area (Å²) in [5, 5.41) is 2.32. The number of amides is 2. The van der Waals surface area contributed by atoms with Crippen LogP contribution in [0, 0.1) is 17.8 Å². The number of cyclic esters (lactones) is 1. The molecule has 0 unspecified atom stereocenters. The molecule has 4 rings (SSSR count). The van der Waals surface area contributed by atoms with Crippen LogP contribution in [0.15, 0.2) is 91.0 Å². The van der Waals surface area contributed by atoms with E-state index in [0.717, 1.165) is 18.4 Å². The summed E-state index contributed by atoms with van der Waals surface area (Å²) in [7, 11) is -7.43. The van der Waals surface area contributed by atoms with Gasteiger partial charge in [-0.25, -0.2) is 9.69 Å². The number of hydrogen-bond acceptors (Lipinski definition) is 6. The van der Waals surface area contributed by atoms with Crippen molar-refractivity contribution in [2.24, 2.45) is 17.8 Å². The number of nitrogens with zero attached hydrogens (tertiary/aromatic N) is 1. The second-order valence-electron chi connectivity index (χ2n) is 21.7. The van der Waals surface area contributed by atoms with Crippen LogP contribution in [0.5, 0.6) is 0 Å². The zero-order valence-corrected chi connectivity index (χ0v) is 43.1. The van der Waals surface area contributed by atoms with Crippen LogP contribution in [0.25, 0.3) is 0 Å². The highest BCUT2D eigenvalue weighted by Crippen LogP contribution is 2.44. The maximum atomic E-state index is 14.8. The summed E-state index contributed by atoms with van der Waals surface area (Å²) < 4.78 is 27.8. The highest BCUT2D eigenvalue weighted by Gasteiger charge is 2.51. The Bertz CT molecular complexity index is 1780. The van der Waals surface area contributed by atoms with Crippen LogP contribution in [-0.2, 0) is 29.2 Å². The van der Waals surface area contributed by atoms with Gasteiger partial charge >= 0.3 is 6.09 Å². The van der Waals surface area contributed by atoms with Gasteiger partial charge in [-0.3, -0.25) is 4.79 Å². The van der Waals surface area contributed by atoms with Gasteiger partial charge in [-0.1, -0.05) is 174 Å². The number of benzene rings is 3. The molecular weight excluding hydrogens is 795 g/mol. The molecule has 10 heteroatoms. The number of rotatable bonds is 18. The summed E-state index contributed by atoms with van der Waals surface area (Å²) in [5.74, 6) is -0.768. The number of ether oxygens (including phenoxy) is 1. The first-order valence-corrected chi connectivity index (χ1v) is 30.1. The van der Waals surface area contributed by atoms with Gasteiger partial charge in [0.25, 0.3) is 8.32 Å². The van der Waals surface area contributed by atoms with Gasteiger partial charge in [-0.05, 0) is 82.4 Å². The van der Waals surface area contributed by atoms with Crippen LogP contribution in [0.4, 0.5) is 4.79 Å². The fourth-order valence-corrected chi connectivity index (χ4v) is 15.7. The molecular formula is C50H79NO6Si3. The van der Waals surface area contributed by atoms with Gasteiger partial charge in [0.05, 0.1) is 24.2 Å². The zero-order chi connectivity index (χ0) is 44.9. The van der Waals surface area contributed by atoms with E-state index in [4.69, 9.17) is 18.0 Å². The number of carbonyl (C=O) groups is 2. The van der Waals surface area contributed by atoms with Crippen LogP contribution in [0.3, 0.4) is 0 Å². The standard InChI is InChI=1S/C50H79NO6Si3/c1-37(35-55-60(50(10,11)12,42-28-22-18-23-29-42)43-30-24-19-25-31-43)32-33-44(56-58(13,14)48(4,5)6)38(2)45(57-59(15,16)49(7,8)9)39(3)46(52)51-41(36-54-47(51)53)34-40-26-20-17-21-27-40/h17-31,37-39,41,44-45H,32-36H2,1-16H3/t37-,38+,39-,41-,44-,45+/m0/s1. The summed E-state index contributed by atoms with van der Waals surface area (Å²) >= 11 is 0. The van der Waals surface area contributed by atoms with Crippen LogP contribution >= 0.6 is 0 Å². The molecule has 1 aliphatic rings. The fourth-order valence-electron chi connectivity index (χ4n) is 8.07. The first-order chi connectivity index (χ1) is 27.7. The number of carbonyl (C=O) groups excluding carboxylic acids is 2. The van der Waals surface area contributed by atoms with E-state index in [9.17, 15) is 9.59 Å². The van der Waals surface area contributed by atoms with E-state index in [1.54, 1.807) is 0 Å². The third-order valence-electron chi connectivity index (χ3n) is 13.9. The van der Waals surface area contributed by atoms with Crippen molar-refractivity contribution in [1.82, 2.24) is 4.90 Å². The van der Waals surface area contributed by atoms with Crippen molar-refractivity contribution in [2.75, 3.05) is 13.2 Å². The molecule has 1 heterocycles. The maximum absolute atomic E-state index is 14.8. The van der Waals surface area contributed by atoms with Crippen molar-refractivity contribution in [2.45, 2.75) is 162 Å². The minimum atomic E-state index is -2.71. The summed E-state index contributed by atoms with van der Waals surface area (Å²) in [6.45, 7) is 36.9. The molecule has 1 saturated heterocycles. The third kappa shape index (κ3) is 11.6. The lowest BCUT2D eigenvalue weighted by atomic mass is 9.85. The molecule has 0 radical (unpaired) electrons. The topological polar surface area (TPSA) is 74.3 Å². The quantitative estimate of drug-likeness (QED) is 0.119. The first kappa shape index (κ1) is 49.8. The minimum absolute atomic E-state index is 0.0236. The van der Waals surface area contributed by atoms with E-state index in [0.29, 0.717) is 13.0 Å². The van der Waals surface area contributed by atoms with Gasteiger partial charge < -0.3 is 18.0 Å². The molecule has 0 bridgehead atoms. The monoisotopic (exact) mass is 874 g/mol. The summed E-state index contributed by atoms with van der Waals surface area (Å²) in [6.07, 6.45) is 0.975. The van der Waals surface area contributed by atoms with Crippen molar-refractivity contribution in [3.05, 3.63) is 96.6 Å². The average molecular weight is 874 g/mol. The van der Waals surface area contributed by atoms with Gasteiger partial charge in [0, 0.05) is 12.5 Å². The highest BCUT2D eigenvalue weighted by molar-refractivity contribution is 6.99. The Kier molecular flexibility index (Phi) is 16.3. The number of imide groups is 1. The van der Waals surface area contributed by atoms with E-state index in [1.165, 1.54) is 15.3 Å². The normalized spacial score (nSPS) is 18.4. The predicted molar refractivity (Wildman–Crippen MR) is 257 cm³/mol. The predicted octanol–water partition coefficient (Wildman–Crippen LogP) is 11.6. The lowest BCUT2D eigenvalue weighted by molar-refractivity contribution is -0.138. The Morgan fingerprint density at radius 2 is 1.17 bits per heavy atom. The Balaban J connectivity index is 1.68. The summed E-state index contributed by atoms with van der Waals surface area (Å²) in [6, 6.07) is 31.3. The molecule has 1 fully saturated rings. The molecule has 6 atom stereocenters. The Labute approximate surface area is 367 Å². The van der Waals surface area contributed by atoms with Crippen molar-refractivity contribution >= 4 is 47.3 Å². The van der Waals surface area contributed by atoms with Gasteiger partial charge in [0.1, 0.15) is 6.61 Å². The minimum Gasteiger partial charge on any atom is -0.447 e. The molecule has 60 heavy (non-hydrogen) atoms. The highest BCUT2D eigenvalue weighted by atomic mass is 28.4. The van der Waals surface area contributed by atoms with Crippen molar-refractivity contribution < 1.29 is 27.6 Å². The van der Waals surface area contributed by atoms with Gasteiger partial charge in [-0.15, -0.1) is 0 Å². The molecule has 0 spiro atoms. The molecule has 0 aliphatic carbocycles. The number of hydrogen-bond donors (Lipinski definition) is 0. The van der Waals surface area contributed by atoms with Crippen molar-refractivity contribution in [3.63, 3.8) is 0 Å². The molecule has 0 saturated carbocycles. The van der Waals surface area contributed by atoms with Crippen LogP contribution in [0.2, 0.25) is 41.3 Å². The molecule has 1 aliphatic heterocycles. The molecule has 2 amide bonds. The molecule has 0 aromatic heterocycles.